The van der Waals surface area contributed by atoms with E-state index < -0.39 is 6.10 Å². The van der Waals surface area contributed by atoms with Crippen LogP contribution in [-0.2, 0) is 0 Å². The Morgan fingerprint density at radius 2 is 1.74 bits per heavy atom. The Kier molecular flexibility index (Phi) is 5.12. The quantitative estimate of drug-likeness (QED) is 0.875. The van der Waals surface area contributed by atoms with Crippen molar-refractivity contribution >= 4 is 5.91 Å². The Labute approximate surface area is 116 Å². The molecule has 2 N–H and O–H groups in total. The highest BCUT2D eigenvalue weighted by Crippen LogP contribution is 2.21. The summed E-state index contributed by atoms with van der Waals surface area (Å²) in [6.07, 6.45) is 0.271. The molecule has 0 saturated carbocycles. The fourth-order valence-electron chi connectivity index (χ4n) is 1.85. The number of amides is 1. The van der Waals surface area contributed by atoms with E-state index in [0.29, 0.717) is 11.5 Å². The van der Waals surface area contributed by atoms with E-state index in [9.17, 15) is 9.90 Å². The molecule has 3 nitrogen and oxygen atoms in total. The van der Waals surface area contributed by atoms with Crippen LogP contribution in [0.5, 0.6) is 0 Å². The standard InChI is InChI=1S/C16H25NO2/c1-11(2)10-14(18)12-6-8-13(9-7-12)15(19)17-16(3,4)5/h6-9,11,14,18H,10H2,1-5H3,(H,17,19). The second-order valence-electron chi connectivity index (χ2n) is 6.47. The summed E-state index contributed by atoms with van der Waals surface area (Å²) in [5.41, 5.74) is 1.24. The first-order chi connectivity index (χ1) is 8.69. The van der Waals surface area contributed by atoms with Crippen molar-refractivity contribution in [3.05, 3.63) is 35.4 Å². The SMILES string of the molecule is CC(C)CC(O)c1ccc(C(=O)NC(C)(C)C)cc1. The predicted octanol–water partition coefficient (Wildman–Crippen LogP) is 3.29. The van der Waals surface area contributed by atoms with Crippen molar-refractivity contribution in [2.75, 3.05) is 0 Å². The monoisotopic (exact) mass is 263 g/mol. The lowest BCUT2D eigenvalue weighted by Gasteiger charge is -2.20. The number of hydrogen-bond donors (Lipinski definition) is 2. The first-order valence-electron chi connectivity index (χ1n) is 6.79. The minimum absolute atomic E-state index is 0.0857. The van der Waals surface area contributed by atoms with E-state index in [0.717, 1.165) is 12.0 Å². The minimum Gasteiger partial charge on any atom is -0.388 e. The number of nitrogens with one attached hydrogen (secondary N) is 1. The van der Waals surface area contributed by atoms with Crippen LogP contribution in [0.3, 0.4) is 0 Å². The molecule has 19 heavy (non-hydrogen) atoms. The van der Waals surface area contributed by atoms with E-state index >= 15 is 0 Å². The van der Waals surface area contributed by atoms with Gasteiger partial charge >= 0.3 is 0 Å². The summed E-state index contributed by atoms with van der Waals surface area (Å²) in [7, 11) is 0. The predicted molar refractivity (Wildman–Crippen MR) is 78.1 cm³/mol. The zero-order chi connectivity index (χ0) is 14.6. The van der Waals surface area contributed by atoms with Gasteiger partial charge in [0.2, 0.25) is 0 Å². The molecule has 1 aromatic carbocycles. The topological polar surface area (TPSA) is 49.3 Å². The first kappa shape index (κ1) is 15.7. The van der Waals surface area contributed by atoms with Crippen molar-refractivity contribution in [2.24, 2.45) is 5.92 Å². The molecule has 1 amide bonds. The number of hydrogen-bond acceptors (Lipinski definition) is 2. The van der Waals surface area contributed by atoms with Crippen molar-refractivity contribution < 1.29 is 9.90 Å². The number of aliphatic hydroxyl groups is 1. The lowest BCUT2D eigenvalue weighted by atomic mass is 9.98. The van der Waals surface area contributed by atoms with Crippen LogP contribution in [0.4, 0.5) is 0 Å². The van der Waals surface area contributed by atoms with Gasteiger partial charge in [0.25, 0.3) is 5.91 Å². The number of benzene rings is 1. The molecule has 0 radical (unpaired) electrons. The summed E-state index contributed by atoms with van der Waals surface area (Å²) in [4.78, 5) is 11.9. The van der Waals surface area contributed by atoms with E-state index in [1.54, 1.807) is 12.1 Å². The van der Waals surface area contributed by atoms with Crippen LogP contribution in [0.1, 0.15) is 63.1 Å². The van der Waals surface area contributed by atoms with E-state index in [1.807, 2.05) is 32.9 Å². The molecule has 0 spiro atoms. The summed E-state index contributed by atoms with van der Waals surface area (Å²) in [6.45, 7) is 10.0. The molecule has 0 fully saturated rings. The molecule has 106 valence electrons. The number of aliphatic hydroxyl groups excluding tert-OH is 1. The second-order valence-corrected chi connectivity index (χ2v) is 6.47. The van der Waals surface area contributed by atoms with Gasteiger partial charge in [0, 0.05) is 11.1 Å². The zero-order valence-corrected chi connectivity index (χ0v) is 12.5. The van der Waals surface area contributed by atoms with E-state index in [-0.39, 0.29) is 11.4 Å². The molecular formula is C16H25NO2. The van der Waals surface area contributed by atoms with E-state index in [2.05, 4.69) is 19.2 Å². The van der Waals surface area contributed by atoms with Gasteiger partial charge in [-0.25, -0.2) is 0 Å². The van der Waals surface area contributed by atoms with Crippen LogP contribution in [-0.4, -0.2) is 16.6 Å². The molecule has 1 aromatic rings. The average molecular weight is 263 g/mol. The lowest BCUT2D eigenvalue weighted by molar-refractivity contribution is 0.0919. The van der Waals surface area contributed by atoms with Crippen LogP contribution in [0.15, 0.2) is 24.3 Å². The smallest absolute Gasteiger partial charge is 0.251 e. The van der Waals surface area contributed by atoms with Crippen LogP contribution < -0.4 is 5.32 Å². The zero-order valence-electron chi connectivity index (χ0n) is 12.5. The number of carbonyl (C=O) groups is 1. The highest BCUT2D eigenvalue weighted by atomic mass is 16.3. The summed E-state index contributed by atoms with van der Waals surface area (Å²) < 4.78 is 0. The van der Waals surface area contributed by atoms with Gasteiger partial charge in [-0.05, 0) is 50.8 Å². The first-order valence-corrected chi connectivity index (χ1v) is 6.79. The molecule has 0 heterocycles. The average Bonchev–Trinajstić information content (AvgIpc) is 2.26. The molecule has 0 bridgehead atoms. The molecule has 0 saturated heterocycles. The molecule has 1 atom stereocenters. The van der Waals surface area contributed by atoms with Crippen LogP contribution >= 0.6 is 0 Å². The molecule has 3 heteroatoms. The Morgan fingerprint density at radius 3 is 2.16 bits per heavy atom. The van der Waals surface area contributed by atoms with Gasteiger partial charge < -0.3 is 10.4 Å². The third-order valence-electron chi connectivity index (χ3n) is 2.74. The molecule has 0 aromatic heterocycles. The highest BCUT2D eigenvalue weighted by molar-refractivity contribution is 5.94. The van der Waals surface area contributed by atoms with Crippen molar-refractivity contribution in [3.63, 3.8) is 0 Å². The van der Waals surface area contributed by atoms with Crippen molar-refractivity contribution in [1.29, 1.82) is 0 Å². The molecule has 0 aliphatic rings. The summed E-state index contributed by atoms with van der Waals surface area (Å²) in [5, 5.41) is 12.9. The third-order valence-corrected chi connectivity index (χ3v) is 2.74. The minimum atomic E-state index is -0.459. The molecule has 0 aliphatic heterocycles. The fraction of sp³-hybridized carbons (Fsp3) is 0.562. The van der Waals surface area contributed by atoms with Crippen LogP contribution in [0.2, 0.25) is 0 Å². The number of rotatable bonds is 4. The maximum absolute atomic E-state index is 11.9. The maximum atomic E-state index is 11.9. The molecule has 1 rings (SSSR count). The van der Waals surface area contributed by atoms with Gasteiger partial charge in [0.15, 0.2) is 0 Å². The Bertz CT molecular complexity index is 415. The van der Waals surface area contributed by atoms with E-state index in [1.165, 1.54) is 0 Å². The van der Waals surface area contributed by atoms with Gasteiger partial charge in [0.05, 0.1) is 6.10 Å². The van der Waals surface area contributed by atoms with Crippen molar-refractivity contribution in [3.8, 4) is 0 Å². The lowest BCUT2D eigenvalue weighted by Crippen LogP contribution is -2.40. The number of carbonyl (C=O) groups excluding carboxylic acids is 1. The van der Waals surface area contributed by atoms with Gasteiger partial charge in [-0.15, -0.1) is 0 Å². The van der Waals surface area contributed by atoms with Gasteiger partial charge in [-0.3, -0.25) is 4.79 Å². The maximum Gasteiger partial charge on any atom is 0.251 e. The largest absolute Gasteiger partial charge is 0.388 e. The van der Waals surface area contributed by atoms with Crippen molar-refractivity contribution in [2.45, 2.75) is 52.7 Å². The van der Waals surface area contributed by atoms with Crippen LogP contribution in [0, 0.1) is 5.92 Å². The Hall–Kier alpha value is -1.35. The van der Waals surface area contributed by atoms with E-state index in [4.69, 9.17) is 0 Å². The highest BCUT2D eigenvalue weighted by Gasteiger charge is 2.16. The molecule has 1 unspecified atom stereocenters. The van der Waals surface area contributed by atoms with Gasteiger partial charge in [-0.1, -0.05) is 26.0 Å². The van der Waals surface area contributed by atoms with Gasteiger partial charge in [-0.2, -0.15) is 0 Å². The third kappa shape index (κ3) is 5.43. The fourth-order valence-corrected chi connectivity index (χ4v) is 1.85. The van der Waals surface area contributed by atoms with Gasteiger partial charge in [0.1, 0.15) is 0 Å². The Balaban J connectivity index is 2.73. The Morgan fingerprint density at radius 1 is 1.21 bits per heavy atom. The van der Waals surface area contributed by atoms with Crippen LogP contribution in [0.25, 0.3) is 0 Å². The van der Waals surface area contributed by atoms with Crippen molar-refractivity contribution in [1.82, 2.24) is 5.32 Å². The summed E-state index contributed by atoms with van der Waals surface area (Å²) >= 11 is 0. The summed E-state index contributed by atoms with van der Waals surface area (Å²) in [5.74, 6) is 0.358. The summed E-state index contributed by atoms with van der Waals surface area (Å²) in [6, 6.07) is 7.18. The molecular weight excluding hydrogens is 238 g/mol. The second kappa shape index (κ2) is 6.20. The normalized spacial score (nSPS) is 13.4. The molecule has 0 aliphatic carbocycles.